The molecule has 0 radical (unpaired) electrons. The van der Waals surface area contributed by atoms with Gasteiger partial charge in [0.05, 0.1) is 23.8 Å². The van der Waals surface area contributed by atoms with Crippen molar-refractivity contribution in [3.8, 4) is 0 Å². The smallest absolute Gasteiger partial charge is 0.169 e. The van der Waals surface area contributed by atoms with E-state index in [2.05, 4.69) is 68.4 Å². The molecule has 6 heteroatoms. The number of para-hydroxylation sites is 2. The minimum Gasteiger partial charge on any atom is -0.269 e. The highest BCUT2D eigenvalue weighted by atomic mass is 15.4. The minimum absolute atomic E-state index is 0.998. The van der Waals surface area contributed by atoms with Crippen LogP contribution < -0.4 is 19.2 Å². The lowest BCUT2D eigenvalue weighted by Crippen LogP contribution is -2.35. The molecule has 2 aromatic carbocycles. The molecular formula is C30H34N6+2. The number of aromatic nitrogens is 2. The van der Waals surface area contributed by atoms with E-state index in [0.29, 0.717) is 0 Å². The largest absolute Gasteiger partial charge is 0.269 e. The molecule has 4 aromatic rings. The minimum atomic E-state index is 0.998. The lowest BCUT2D eigenvalue weighted by Gasteiger charge is -2.11. The number of hydrogen-bond donors (Lipinski definition) is 0. The van der Waals surface area contributed by atoms with Crippen molar-refractivity contribution < 1.29 is 9.13 Å². The van der Waals surface area contributed by atoms with Crippen molar-refractivity contribution in [3.05, 3.63) is 121 Å². The van der Waals surface area contributed by atoms with Crippen LogP contribution in [-0.2, 0) is 13.1 Å². The van der Waals surface area contributed by atoms with Crippen LogP contribution in [0.4, 0.5) is 11.4 Å². The number of pyridine rings is 2. The number of unbranched alkanes of at least 4 members (excludes halogenated alkanes) is 1. The average molecular weight is 479 g/mol. The predicted molar refractivity (Wildman–Crippen MR) is 147 cm³/mol. The van der Waals surface area contributed by atoms with Gasteiger partial charge in [-0.1, -0.05) is 36.4 Å². The average Bonchev–Trinajstić information content (AvgIpc) is 2.95. The summed E-state index contributed by atoms with van der Waals surface area (Å²) >= 11 is 0. The summed E-state index contributed by atoms with van der Waals surface area (Å²) in [6.45, 7) is 2.00. The number of hydrogen-bond acceptors (Lipinski definition) is 4. The van der Waals surface area contributed by atoms with E-state index in [9.17, 15) is 0 Å². The van der Waals surface area contributed by atoms with Crippen LogP contribution in [0.2, 0.25) is 0 Å². The molecular weight excluding hydrogens is 444 g/mol. The maximum absolute atomic E-state index is 4.53. The first-order valence-electron chi connectivity index (χ1n) is 12.3. The SMILES string of the molecule is CN(N=Cc1cc[n+](CCCC[n+]2ccc(C=NN(C)c3ccccc3)cc2)cc1)c1ccccc1. The van der Waals surface area contributed by atoms with Crippen molar-refractivity contribution in [1.29, 1.82) is 0 Å². The number of benzene rings is 2. The van der Waals surface area contributed by atoms with E-state index >= 15 is 0 Å². The first kappa shape index (κ1) is 24.8. The van der Waals surface area contributed by atoms with Crippen LogP contribution in [-0.4, -0.2) is 26.5 Å². The topological polar surface area (TPSA) is 39.0 Å². The molecule has 2 heterocycles. The molecule has 0 saturated heterocycles. The Bertz CT molecular complexity index is 1140. The number of aryl methyl sites for hydroxylation is 2. The summed E-state index contributed by atoms with van der Waals surface area (Å²) in [4.78, 5) is 0. The molecule has 0 aliphatic rings. The molecule has 6 nitrogen and oxygen atoms in total. The molecule has 0 fully saturated rings. The first-order valence-corrected chi connectivity index (χ1v) is 12.3. The van der Waals surface area contributed by atoms with Crippen LogP contribution in [0.25, 0.3) is 0 Å². The van der Waals surface area contributed by atoms with Gasteiger partial charge in [0.2, 0.25) is 0 Å². The number of nitrogens with zero attached hydrogens (tertiary/aromatic N) is 6. The Kier molecular flexibility index (Phi) is 8.92. The highest BCUT2D eigenvalue weighted by Gasteiger charge is 2.05. The van der Waals surface area contributed by atoms with Crippen LogP contribution in [0.5, 0.6) is 0 Å². The molecule has 0 bridgehead atoms. The van der Waals surface area contributed by atoms with Gasteiger partial charge >= 0.3 is 0 Å². The van der Waals surface area contributed by atoms with Gasteiger partial charge in [0, 0.05) is 62.3 Å². The molecule has 182 valence electrons. The molecule has 0 amide bonds. The van der Waals surface area contributed by atoms with Crippen LogP contribution in [0.1, 0.15) is 24.0 Å². The summed E-state index contributed by atoms with van der Waals surface area (Å²) in [6, 6.07) is 28.7. The van der Waals surface area contributed by atoms with Crippen LogP contribution in [0, 0.1) is 0 Å². The van der Waals surface area contributed by atoms with Gasteiger partial charge in [-0.05, 0) is 24.3 Å². The third-order valence-electron chi connectivity index (χ3n) is 5.94. The Morgan fingerprint density at radius 3 is 1.28 bits per heavy atom. The maximum Gasteiger partial charge on any atom is 0.169 e. The van der Waals surface area contributed by atoms with Crippen molar-refractivity contribution >= 4 is 23.8 Å². The molecule has 0 saturated carbocycles. The summed E-state index contributed by atoms with van der Waals surface area (Å²) < 4.78 is 4.46. The van der Waals surface area contributed by atoms with E-state index in [1.54, 1.807) is 0 Å². The van der Waals surface area contributed by atoms with Gasteiger partial charge in [0.15, 0.2) is 24.8 Å². The van der Waals surface area contributed by atoms with Gasteiger partial charge in [-0.25, -0.2) is 9.13 Å². The monoisotopic (exact) mass is 478 g/mol. The Morgan fingerprint density at radius 1 is 0.556 bits per heavy atom. The Morgan fingerprint density at radius 2 is 0.917 bits per heavy atom. The molecule has 36 heavy (non-hydrogen) atoms. The van der Waals surface area contributed by atoms with E-state index < -0.39 is 0 Å². The van der Waals surface area contributed by atoms with Crippen molar-refractivity contribution in [2.45, 2.75) is 25.9 Å². The molecule has 0 spiro atoms. The number of hydrazone groups is 2. The summed E-state index contributed by atoms with van der Waals surface area (Å²) in [5.41, 5.74) is 4.30. The fraction of sp³-hybridized carbons (Fsp3) is 0.200. The van der Waals surface area contributed by atoms with Crippen LogP contribution in [0.3, 0.4) is 0 Å². The van der Waals surface area contributed by atoms with Gasteiger partial charge in [-0.3, -0.25) is 10.0 Å². The lowest BCUT2D eigenvalue weighted by molar-refractivity contribution is -0.708. The summed E-state index contributed by atoms with van der Waals surface area (Å²) in [5, 5.41) is 12.8. The number of anilines is 2. The van der Waals surface area contributed by atoms with E-state index in [-0.39, 0.29) is 0 Å². The highest BCUT2D eigenvalue weighted by Crippen LogP contribution is 2.11. The zero-order chi connectivity index (χ0) is 25.0. The van der Waals surface area contributed by atoms with E-state index in [1.165, 1.54) is 0 Å². The summed E-state index contributed by atoms with van der Waals surface area (Å²) in [6.07, 6.45) is 14.5. The van der Waals surface area contributed by atoms with Gasteiger partial charge in [0.25, 0.3) is 0 Å². The quantitative estimate of drug-likeness (QED) is 0.136. The Balaban J connectivity index is 1.18. The fourth-order valence-corrected chi connectivity index (χ4v) is 3.72. The zero-order valence-corrected chi connectivity index (χ0v) is 21.1. The number of rotatable bonds is 11. The fourth-order valence-electron chi connectivity index (χ4n) is 3.72. The normalized spacial score (nSPS) is 11.3. The zero-order valence-electron chi connectivity index (χ0n) is 21.1. The van der Waals surface area contributed by atoms with Crippen LogP contribution >= 0.6 is 0 Å². The van der Waals surface area contributed by atoms with Crippen molar-refractivity contribution in [2.75, 3.05) is 24.1 Å². The summed E-state index contributed by atoms with van der Waals surface area (Å²) in [7, 11) is 3.91. The van der Waals surface area contributed by atoms with Gasteiger partial charge < -0.3 is 0 Å². The highest BCUT2D eigenvalue weighted by molar-refractivity contribution is 5.80. The van der Waals surface area contributed by atoms with Gasteiger partial charge in [-0.15, -0.1) is 0 Å². The molecule has 0 aliphatic heterocycles. The lowest BCUT2D eigenvalue weighted by atomic mass is 10.2. The molecule has 2 aromatic heterocycles. The second kappa shape index (κ2) is 13.0. The first-order chi connectivity index (χ1) is 17.7. The summed E-state index contributed by atoms with van der Waals surface area (Å²) in [5.74, 6) is 0. The molecule has 0 aliphatic carbocycles. The Hall–Kier alpha value is -4.32. The second-order valence-electron chi connectivity index (χ2n) is 8.65. The standard InChI is InChI=1S/C30H34N6/c1-33(29-11-5-3-6-12-29)31-25-27-15-21-35(22-16-27)19-9-10-20-36-23-17-28(18-24-36)26-32-34(2)30-13-7-4-8-14-30/h3-8,11-18,21-26H,9-10,19-20H2,1-2H3/q+2. The second-order valence-corrected chi connectivity index (χ2v) is 8.65. The third kappa shape index (κ3) is 7.60. The van der Waals surface area contributed by atoms with Gasteiger partial charge in [-0.2, -0.15) is 10.2 Å². The van der Waals surface area contributed by atoms with Crippen LogP contribution in [0.15, 0.2) is 120 Å². The van der Waals surface area contributed by atoms with Gasteiger partial charge in [0.1, 0.15) is 13.1 Å². The molecule has 0 atom stereocenters. The molecule has 0 unspecified atom stereocenters. The molecule has 0 N–H and O–H groups in total. The van der Waals surface area contributed by atoms with Crippen molar-refractivity contribution in [3.63, 3.8) is 0 Å². The van der Waals surface area contributed by atoms with Crippen molar-refractivity contribution in [2.24, 2.45) is 10.2 Å². The van der Waals surface area contributed by atoms with E-state index in [1.807, 2.05) is 97.2 Å². The van der Waals surface area contributed by atoms with E-state index in [4.69, 9.17) is 0 Å². The third-order valence-corrected chi connectivity index (χ3v) is 5.94. The predicted octanol–water partition coefficient (Wildman–Crippen LogP) is 4.68. The van der Waals surface area contributed by atoms with E-state index in [0.717, 1.165) is 48.4 Å². The Labute approximate surface area is 214 Å². The maximum atomic E-state index is 4.53. The van der Waals surface area contributed by atoms with Crippen molar-refractivity contribution in [1.82, 2.24) is 0 Å². The molecule has 4 rings (SSSR count).